The molecule has 0 aliphatic rings. The SMILES string of the molecule is CCSC(C(=O)N(C)CCC(=O)O)C(C)C. The zero-order valence-electron chi connectivity index (χ0n) is 10.4. The Labute approximate surface area is 101 Å². The highest BCUT2D eigenvalue weighted by atomic mass is 32.2. The van der Waals surface area contributed by atoms with Crippen molar-refractivity contribution in [3.8, 4) is 0 Å². The van der Waals surface area contributed by atoms with Gasteiger partial charge in [0.1, 0.15) is 0 Å². The summed E-state index contributed by atoms with van der Waals surface area (Å²) in [5.74, 6) is 0.318. The van der Waals surface area contributed by atoms with Crippen LogP contribution in [0.2, 0.25) is 0 Å². The van der Waals surface area contributed by atoms with Crippen molar-refractivity contribution in [2.24, 2.45) is 5.92 Å². The van der Waals surface area contributed by atoms with Gasteiger partial charge >= 0.3 is 5.97 Å². The molecule has 94 valence electrons. The van der Waals surface area contributed by atoms with E-state index in [2.05, 4.69) is 0 Å². The van der Waals surface area contributed by atoms with Gasteiger partial charge in [-0.15, -0.1) is 11.8 Å². The maximum absolute atomic E-state index is 12.0. The van der Waals surface area contributed by atoms with Gasteiger partial charge in [-0.1, -0.05) is 20.8 Å². The minimum absolute atomic E-state index is 0.00382. The number of carbonyl (C=O) groups is 2. The smallest absolute Gasteiger partial charge is 0.305 e. The van der Waals surface area contributed by atoms with Gasteiger partial charge in [0, 0.05) is 13.6 Å². The van der Waals surface area contributed by atoms with Crippen molar-refractivity contribution < 1.29 is 14.7 Å². The molecule has 0 aliphatic carbocycles. The second-order valence-electron chi connectivity index (χ2n) is 4.02. The highest BCUT2D eigenvalue weighted by Crippen LogP contribution is 2.21. The maximum atomic E-state index is 12.0. The molecular formula is C11H21NO3S. The molecule has 4 nitrogen and oxygen atoms in total. The summed E-state index contributed by atoms with van der Waals surface area (Å²) in [7, 11) is 1.66. The van der Waals surface area contributed by atoms with Crippen molar-refractivity contribution >= 4 is 23.6 Å². The minimum atomic E-state index is -0.871. The maximum Gasteiger partial charge on any atom is 0.305 e. The van der Waals surface area contributed by atoms with E-state index in [4.69, 9.17) is 5.11 Å². The van der Waals surface area contributed by atoms with E-state index in [0.717, 1.165) is 5.75 Å². The van der Waals surface area contributed by atoms with Gasteiger partial charge in [0.05, 0.1) is 11.7 Å². The van der Waals surface area contributed by atoms with Crippen LogP contribution in [0.15, 0.2) is 0 Å². The Hall–Kier alpha value is -0.710. The van der Waals surface area contributed by atoms with Gasteiger partial charge in [0.15, 0.2) is 0 Å². The summed E-state index contributed by atoms with van der Waals surface area (Å²) in [6.07, 6.45) is 0.00382. The number of hydrogen-bond donors (Lipinski definition) is 1. The molecule has 0 radical (unpaired) electrons. The molecule has 5 heteroatoms. The largest absolute Gasteiger partial charge is 0.481 e. The van der Waals surface area contributed by atoms with Crippen LogP contribution in [0, 0.1) is 5.92 Å². The third-order valence-electron chi connectivity index (χ3n) is 2.23. The van der Waals surface area contributed by atoms with Crippen molar-refractivity contribution in [3.63, 3.8) is 0 Å². The fourth-order valence-corrected chi connectivity index (χ4v) is 2.39. The van der Waals surface area contributed by atoms with Gasteiger partial charge in [-0.05, 0) is 11.7 Å². The molecular weight excluding hydrogens is 226 g/mol. The van der Waals surface area contributed by atoms with Crippen LogP contribution in [-0.4, -0.2) is 46.5 Å². The number of aliphatic carboxylic acids is 1. The molecule has 0 bridgehead atoms. The van der Waals surface area contributed by atoms with Gasteiger partial charge in [-0.3, -0.25) is 9.59 Å². The summed E-state index contributed by atoms with van der Waals surface area (Å²) in [6.45, 7) is 6.32. The quantitative estimate of drug-likeness (QED) is 0.744. The molecule has 0 aromatic heterocycles. The molecule has 0 aliphatic heterocycles. The first-order valence-corrected chi connectivity index (χ1v) is 6.53. The van der Waals surface area contributed by atoms with Crippen LogP contribution >= 0.6 is 11.8 Å². The van der Waals surface area contributed by atoms with E-state index < -0.39 is 5.97 Å². The lowest BCUT2D eigenvalue weighted by molar-refractivity contribution is -0.138. The molecule has 0 rings (SSSR count). The van der Waals surface area contributed by atoms with Crippen LogP contribution < -0.4 is 0 Å². The van der Waals surface area contributed by atoms with Crippen LogP contribution in [-0.2, 0) is 9.59 Å². The minimum Gasteiger partial charge on any atom is -0.481 e. The molecule has 0 aromatic carbocycles. The summed E-state index contributed by atoms with van der Waals surface area (Å²) in [4.78, 5) is 23.9. The third-order valence-corrected chi connectivity index (χ3v) is 3.67. The topological polar surface area (TPSA) is 57.6 Å². The fourth-order valence-electron chi connectivity index (χ4n) is 1.32. The Balaban J connectivity index is 4.31. The fraction of sp³-hybridized carbons (Fsp3) is 0.818. The molecule has 1 unspecified atom stereocenters. The molecule has 1 N–H and O–H groups in total. The van der Waals surface area contributed by atoms with E-state index in [1.54, 1.807) is 18.8 Å². The Morgan fingerprint density at radius 3 is 2.31 bits per heavy atom. The van der Waals surface area contributed by atoms with Crippen LogP contribution in [0.5, 0.6) is 0 Å². The van der Waals surface area contributed by atoms with E-state index >= 15 is 0 Å². The van der Waals surface area contributed by atoms with Gasteiger partial charge in [-0.2, -0.15) is 0 Å². The molecule has 0 saturated carbocycles. The number of carbonyl (C=O) groups excluding carboxylic acids is 1. The highest BCUT2D eigenvalue weighted by Gasteiger charge is 2.25. The van der Waals surface area contributed by atoms with Crippen molar-refractivity contribution in [1.82, 2.24) is 4.90 Å². The first-order valence-electron chi connectivity index (χ1n) is 5.48. The summed E-state index contributed by atoms with van der Waals surface area (Å²) in [5, 5.41) is 8.49. The normalized spacial score (nSPS) is 12.6. The first kappa shape index (κ1) is 15.3. The lowest BCUT2D eigenvalue weighted by Gasteiger charge is -2.25. The monoisotopic (exact) mass is 247 g/mol. The number of carboxylic acid groups (broad SMARTS) is 1. The average molecular weight is 247 g/mol. The predicted octanol–water partition coefficient (Wildman–Crippen LogP) is 1.70. The van der Waals surface area contributed by atoms with E-state index in [1.807, 2.05) is 20.8 Å². The van der Waals surface area contributed by atoms with Crippen LogP contribution in [0.4, 0.5) is 0 Å². The molecule has 0 spiro atoms. The van der Waals surface area contributed by atoms with Crippen LogP contribution in [0.25, 0.3) is 0 Å². The van der Waals surface area contributed by atoms with Crippen molar-refractivity contribution in [2.45, 2.75) is 32.4 Å². The average Bonchev–Trinajstić information content (AvgIpc) is 2.20. The number of thioether (sulfide) groups is 1. The number of nitrogens with zero attached hydrogens (tertiary/aromatic N) is 1. The van der Waals surface area contributed by atoms with E-state index in [0.29, 0.717) is 0 Å². The molecule has 0 saturated heterocycles. The van der Waals surface area contributed by atoms with Gasteiger partial charge < -0.3 is 10.0 Å². The van der Waals surface area contributed by atoms with Crippen molar-refractivity contribution in [3.05, 3.63) is 0 Å². The summed E-state index contributed by atoms with van der Waals surface area (Å²) < 4.78 is 0. The van der Waals surface area contributed by atoms with Gasteiger partial charge in [0.2, 0.25) is 5.91 Å². The van der Waals surface area contributed by atoms with E-state index in [1.165, 1.54) is 4.90 Å². The van der Waals surface area contributed by atoms with Crippen LogP contribution in [0.3, 0.4) is 0 Å². The summed E-state index contributed by atoms with van der Waals surface area (Å²) in [5.41, 5.74) is 0. The molecule has 16 heavy (non-hydrogen) atoms. The van der Waals surface area contributed by atoms with Gasteiger partial charge in [-0.25, -0.2) is 0 Å². The predicted molar refractivity (Wildman–Crippen MR) is 66.6 cm³/mol. The second kappa shape index (κ2) is 7.54. The highest BCUT2D eigenvalue weighted by molar-refractivity contribution is 8.00. The Kier molecular flexibility index (Phi) is 7.21. The Bertz CT molecular complexity index is 243. The molecule has 1 amide bonds. The number of hydrogen-bond acceptors (Lipinski definition) is 3. The van der Waals surface area contributed by atoms with E-state index in [-0.39, 0.29) is 30.0 Å². The molecule has 1 atom stereocenters. The summed E-state index contributed by atoms with van der Waals surface area (Å²) in [6, 6.07) is 0. The number of carboxylic acids is 1. The zero-order chi connectivity index (χ0) is 12.7. The zero-order valence-corrected chi connectivity index (χ0v) is 11.2. The van der Waals surface area contributed by atoms with Crippen molar-refractivity contribution in [2.75, 3.05) is 19.3 Å². The first-order chi connectivity index (χ1) is 7.40. The molecule has 0 aromatic rings. The molecule has 0 fully saturated rings. The Morgan fingerprint density at radius 1 is 1.38 bits per heavy atom. The Morgan fingerprint density at radius 2 is 1.94 bits per heavy atom. The second-order valence-corrected chi connectivity index (χ2v) is 5.44. The van der Waals surface area contributed by atoms with Crippen molar-refractivity contribution in [1.29, 1.82) is 0 Å². The number of amides is 1. The lowest BCUT2D eigenvalue weighted by Crippen LogP contribution is -2.38. The van der Waals surface area contributed by atoms with Gasteiger partial charge in [0.25, 0.3) is 0 Å². The van der Waals surface area contributed by atoms with Crippen LogP contribution in [0.1, 0.15) is 27.2 Å². The molecule has 0 heterocycles. The van der Waals surface area contributed by atoms with E-state index in [9.17, 15) is 9.59 Å². The standard InChI is InChI=1S/C11H21NO3S/c1-5-16-10(8(2)3)11(15)12(4)7-6-9(13)14/h8,10H,5-7H2,1-4H3,(H,13,14). The summed E-state index contributed by atoms with van der Waals surface area (Å²) >= 11 is 1.62. The number of rotatable bonds is 7. The lowest BCUT2D eigenvalue weighted by atomic mass is 10.1. The third kappa shape index (κ3) is 5.39.